The predicted molar refractivity (Wildman–Crippen MR) is 106 cm³/mol. The molecule has 0 aromatic carbocycles. The zero-order valence-corrected chi connectivity index (χ0v) is 17.5. The standard InChI is InChI=1S/C17H37N5O2S/c1-6-18-17(19-9-14-25(23,24)22(7-2)8-3)21-12-10-20(11-13-21)15-16(4)5/h16H,6-15H2,1-5H3,(H,18,19). The molecular formula is C17H37N5O2S. The van der Waals surface area contributed by atoms with Crippen LogP contribution in [-0.4, -0.2) is 93.1 Å². The van der Waals surface area contributed by atoms with Gasteiger partial charge in [0.25, 0.3) is 0 Å². The lowest BCUT2D eigenvalue weighted by Gasteiger charge is -2.37. The van der Waals surface area contributed by atoms with E-state index < -0.39 is 10.0 Å². The van der Waals surface area contributed by atoms with Crippen molar-refractivity contribution in [3.63, 3.8) is 0 Å². The van der Waals surface area contributed by atoms with E-state index in [4.69, 9.17) is 0 Å². The molecule has 0 radical (unpaired) electrons. The van der Waals surface area contributed by atoms with Crippen molar-refractivity contribution in [1.29, 1.82) is 0 Å². The second kappa shape index (κ2) is 11.0. The Bertz CT molecular complexity index is 495. The van der Waals surface area contributed by atoms with E-state index in [0.29, 0.717) is 25.6 Å². The number of hydrogen-bond acceptors (Lipinski definition) is 4. The maximum atomic E-state index is 12.3. The molecule has 1 fully saturated rings. The molecule has 7 nitrogen and oxygen atoms in total. The van der Waals surface area contributed by atoms with E-state index in [-0.39, 0.29) is 5.75 Å². The quantitative estimate of drug-likeness (QED) is 0.479. The largest absolute Gasteiger partial charge is 0.357 e. The Kier molecular flexibility index (Phi) is 9.74. The van der Waals surface area contributed by atoms with Gasteiger partial charge in [0.2, 0.25) is 10.0 Å². The third kappa shape index (κ3) is 7.50. The smallest absolute Gasteiger partial charge is 0.215 e. The van der Waals surface area contributed by atoms with Gasteiger partial charge in [-0.05, 0) is 12.8 Å². The van der Waals surface area contributed by atoms with Crippen LogP contribution in [0.2, 0.25) is 0 Å². The van der Waals surface area contributed by atoms with E-state index in [1.165, 1.54) is 4.31 Å². The summed E-state index contributed by atoms with van der Waals surface area (Å²) in [5.41, 5.74) is 0. The van der Waals surface area contributed by atoms with Gasteiger partial charge in [-0.25, -0.2) is 12.7 Å². The van der Waals surface area contributed by atoms with Gasteiger partial charge in [-0.2, -0.15) is 0 Å². The van der Waals surface area contributed by atoms with E-state index in [9.17, 15) is 8.42 Å². The van der Waals surface area contributed by atoms with Crippen LogP contribution < -0.4 is 5.32 Å². The van der Waals surface area contributed by atoms with Crippen molar-refractivity contribution in [1.82, 2.24) is 19.4 Å². The highest BCUT2D eigenvalue weighted by atomic mass is 32.2. The van der Waals surface area contributed by atoms with E-state index in [1.54, 1.807) is 0 Å². The minimum atomic E-state index is -3.21. The normalized spacial score (nSPS) is 17.6. The summed E-state index contributed by atoms with van der Waals surface area (Å²) in [6, 6.07) is 0. The molecule has 148 valence electrons. The van der Waals surface area contributed by atoms with Gasteiger partial charge in [-0.3, -0.25) is 9.89 Å². The van der Waals surface area contributed by atoms with E-state index in [0.717, 1.165) is 45.2 Å². The third-order valence-corrected chi connectivity index (χ3v) is 6.34. The molecule has 0 atom stereocenters. The second-order valence-electron chi connectivity index (χ2n) is 6.82. The molecule has 0 unspecified atom stereocenters. The van der Waals surface area contributed by atoms with E-state index in [2.05, 4.69) is 34.0 Å². The molecule has 1 saturated heterocycles. The number of aliphatic imine (C=N–C) groups is 1. The van der Waals surface area contributed by atoms with Crippen LogP contribution in [0.1, 0.15) is 34.6 Å². The highest BCUT2D eigenvalue weighted by molar-refractivity contribution is 7.89. The van der Waals surface area contributed by atoms with Crippen molar-refractivity contribution in [2.45, 2.75) is 34.6 Å². The van der Waals surface area contributed by atoms with Crippen LogP contribution in [0.5, 0.6) is 0 Å². The number of guanidine groups is 1. The van der Waals surface area contributed by atoms with Gasteiger partial charge >= 0.3 is 0 Å². The highest BCUT2D eigenvalue weighted by Crippen LogP contribution is 2.06. The summed E-state index contributed by atoms with van der Waals surface area (Å²) < 4.78 is 26.0. The van der Waals surface area contributed by atoms with Crippen molar-refractivity contribution in [2.75, 3.05) is 64.7 Å². The number of rotatable bonds is 9. The Hall–Kier alpha value is -0.860. The molecule has 1 aliphatic rings. The molecule has 1 N–H and O–H groups in total. The molecular weight excluding hydrogens is 338 g/mol. The van der Waals surface area contributed by atoms with Crippen LogP contribution in [0, 0.1) is 5.92 Å². The summed E-state index contributed by atoms with van der Waals surface area (Å²) in [4.78, 5) is 9.29. The molecule has 1 aliphatic heterocycles. The third-order valence-electron chi connectivity index (χ3n) is 4.34. The van der Waals surface area contributed by atoms with Gasteiger partial charge < -0.3 is 10.2 Å². The average molecular weight is 376 g/mol. The first-order valence-electron chi connectivity index (χ1n) is 9.57. The molecule has 1 rings (SSSR count). The summed E-state index contributed by atoms with van der Waals surface area (Å²) in [5.74, 6) is 1.58. The van der Waals surface area contributed by atoms with Crippen LogP contribution in [0.25, 0.3) is 0 Å². The van der Waals surface area contributed by atoms with Crippen LogP contribution in [0.15, 0.2) is 4.99 Å². The predicted octanol–water partition coefficient (Wildman–Crippen LogP) is 0.897. The maximum absolute atomic E-state index is 12.3. The molecule has 0 bridgehead atoms. The lowest BCUT2D eigenvalue weighted by atomic mass is 10.2. The Balaban J connectivity index is 2.60. The SMILES string of the molecule is CCNC(=NCCS(=O)(=O)N(CC)CC)N1CCN(CC(C)C)CC1. The molecule has 0 spiro atoms. The fourth-order valence-corrected chi connectivity index (χ4v) is 4.46. The van der Waals surface area contributed by atoms with Crippen LogP contribution >= 0.6 is 0 Å². The van der Waals surface area contributed by atoms with Crippen LogP contribution in [0.3, 0.4) is 0 Å². The minimum absolute atomic E-state index is 0.0664. The number of piperazine rings is 1. The first-order chi connectivity index (χ1) is 11.8. The first-order valence-corrected chi connectivity index (χ1v) is 11.2. The second-order valence-corrected chi connectivity index (χ2v) is 8.91. The number of sulfonamides is 1. The van der Waals surface area contributed by atoms with Crippen LogP contribution in [-0.2, 0) is 10.0 Å². The zero-order valence-electron chi connectivity index (χ0n) is 16.7. The topological polar surface area (TPSA) is 68.2 Å². The molecule has 8 heteroatoms. The molecule has 0 aromatic heterocycles. The van der Waals surface area contributed by atoms with Gasteiger partial charge in [-0.1, -0.05) is 27.7 Å². The van der Waals surface area contributed by atoms with Crippen LogP contribution in [0.4, 0.5) is 0 Å². The monoisotopic (exact) mass is 375 g/mol. The Morgan fingerprint density at radius 2 is 1.72 bits per heavy atom. The maximum Gasteiger partial charge on any atom is 0.215 e. The summed E-state index contributed by atoms with van der Waals surface area (Å²) in [5, 5.41) is 3.30. The lowest BCUT2D eigenvalue weighted by molar-refractivity contribution is 0.164. The number of hydrogen-bond donors (Lipinski definition) is 1. The Morgan fingerprint density at radius 3 is 2.20 bits per heavy atom. The van der Waals surface area contributed by atoms with Gasteiger partial charge in [-0.15, -0.1) is 0 Å². The number of nitrogens with zero attached hydrogens (tertiary/aromatic N) is 4. The molecule has 1 heterocycles. The number of nitrogens with one attached hydrogen (secondary N) is 1. The van der Waals surface area contributed by atoms with Gasteiger partial charge in [0, 0.05) is 52.4 Å². The summed E-state index contributed by atoms with van der Waals surface area (Å²) in [6.07, 6.45) is 0. The fourth-order valence-electron chi connectivity index (χ4n) is 3.10. The highest BCUT2D eigenvalue weighted by Gasteiger charge is 2.21. The van der Waals surface area contributed by atoms with E-state index in [1.807, 2.05) is 20.8 Å². The van der Waals surface area contributed by atoms with Crippen molar-refractivity contribution in [3.05, 3.63) is 0 Å². The molecule has 0 saturated carbocycles. The zero-order chi connectivity index (χ0) is 18.9. The van der Waals surface area contributed by atoms with Crippen molar-refractivity contribution < 1.29 is 8.42 Å². The molecule has 0 amide bonds. The average Bonchev–Trinajstić information content (AvgIpc) is 2.55. The molecule has 25 heavy (non-hydrogen) atoms. The Morgan fingerprint density at radius 1 is 1.12 bits per heavy atom. The summed E-state index contributed by atoms with van der Waals surface area (Å²) in [7, 11) is -3.21. The summed E-state index contributed by atoms with van der Waals surface area (Å²) >= 11 is 0. The van der Waals surface area contributed by atoms with Crippen molar-refractivity contribution >= 4 is 16.0 Å². The fraction of sp³-hybridized carbons (Fsp3) is 0.941. The first kappa shape index (κ1) is 22.2. The van der Waals surface area contributed by atoms with E-state index >= 15 is 0 Å². The van der Waals surface area contributed by atoms with Crippen molar-refractivity contribution in [3.8, 4) is 0 Å². The summed E-state index contributed by atoms with van der Waals surface area (Å²) in [6.45, 7) is 17.4. The molecule has 0 aromatic rings. The minimum Gasteiger partial charge on any atom is -0.357 e. The molecule has 0 aliphatic carbocycles. The van der Waals surface area contributed by atoms with Crippen molar-refractivity contribution in [2.24, 2.45) is 10.9 Å². The lowest BCUT2D eigenvalue weighted by Crippen LogP contribution is -2.53. The Labute approximate surface area is 154 Å². The van der Waals surface area contributed by atoms with Gasteiger partial charge in [0.15, 0.2) is 5.96 Å². The van der Waals surface area contributed by atoms with Gasteiger partial charge in [0.05, 0.1) is 12.3 Å². The van der Waals surface area contributed by atoms with Gasteiger partial charge in [0.1, 0.15) is 0 Å².